The van der Waals surface area contributed by atoms with Gasteiger partial charge in [0.25, 0.3) is 0 Å². The van der Waals surface area contributed by atoms with E-state index in [2.05, 4.69) is 19.6 Å². The van der Waals surface area contributed by atoms with Gasteiger partial charge in [-0.15, -0.1) is 0 Å². The van der Waals surface area contributed by atoms with Crippen molar-refractivity contribution in [3.8, 4) is 0 Å². The highest BCUT2D eigenvalue weighted by atomic mass is 31.2. The molecule has 0 aromatic carbocycles. The lowest BCUT2D eigenvalue weighted by Crippen LogP contribution is -2.72. The van der Waals surface area contributed by atoms with Crippen molar-refractivity contribution >= 4 is 15.4 Å². The van der Waals surface area contributed by atoms with Crippen LogP contribution in [0, 0.1) is 5.92 Å². The molecule has 29 heavy (non-hydrogen) atoms. The van der Waals surface area contributed by atoms with E-state index in [9.17, 15) is 9.46 Å². The van der Waals surface area contributed by atoms with Crippen LogP contribution in [0.1, 0.15) is 103 Å². The first-order valence-electron chi connectivity index (χ1n) is 12.7. The Morgan fingerprint density at radius 2 is 1.48 bits per heavy atom. The third-order valence-electron chi connectivity index (χ3n) is 7.14. The molecule has 1 saturated carbocycles. The monoisotopic (exact) mass is 446 g/mol. The molecule has 1 rings (SSSR count). The smallest absolute Gasteiger partial charge is 0.200 e. The summed E-state index contributed by atoms with van der Waals surface area (Å²) in [4.78, 5) is 9.84. The highest BCUT2D eigenvalue weighted by Crippen LogP contribution is 2.41. The maximum absolute atomic E-state index is 11.9. The number of hydrogen-bond acceptors (Lipinski definition) is 1. The third kappa shape index (κ3) is 14.1. The minimum Gasteiger partial charge on any atom is -0.353 e. The molecule has 0 radical (unpaired) electrons. The van der Waals surface area contributed by atoms with Crippen molar-refractivity contribution in [1.82, 2.24) is 0 Å². The van der Waals surface area contributed by atoms with Crippen molar-refractivity contribution < 1.29 is 15.2 Å². The molecule has 2 atom stereocenters. The van der Waals surface area contributed by atoms with Gasteiger partial charge in [0.2, 0.25) is 0 Å². The van der Waals surface area contributed by atoms with Crippen molar-refractivity contribution in [2.45, 2.75) is 134 Å². The van der Waals surface area contributed by atoms with Crippen LogP contribution in [0.15, 0.2) is 0 Å². The lowest BCUT2D eigenvalue weighted by atomic mass is 9.81. The van der Waals surface area contributed by atoms with E-state index in [1.807, 2.05) is 6.92 Å². The highest BCUT2D eigenvalue weighted by molar-refractivity contribution is 7.57. The molecule has 1 fully saturated rings. The molecule has 4 N–H and O–H groups in total. The van der Waals surface area contributed by atoms with Crippen LogP contribution in [0.25, 0.3) is 0 Å². The molecule has 0 aromatic rings. The first kappa shape index (κ1) is 27.4. The Bertz CT molecular complexity index is 474. The number of rotatable bonds is 16. The summed E-state index contributed by atoms with van der Waals surface area (Å²) in [6.45, 7) is 9.24. The van der Waals surface area contributed by atoms with E-state index in [1.165, 1.54) is 83.1 Å². The number of hydrogen-bond donors (Lipinski definition) is 2. The second-order valence-corrected chi connectivity index (χ2v) is 19.8. The maximum Gasteiger partial charge on any atom is 0.200 e. The van der Waals surface area contributed by atoms with Crippen molar-refractivity contribution in [2.75, 3.05) is 12.3 Å². The number of quaternary nitrogens is 1. The third-order valence-corrected chi connectivity index (χ3v) is 11.0. The van der Waals surface area contributed by atoms with Crippen LogP contribution >= 0.6 is 7.37 Å². The van der Waals surface area contributed by atoms with Crippen LogP contribution in [0.5, 0.6) is 0 Å². The second-order valence-electron chi connectivity index (χ2n) is 11.4. The first-order chi connectivity index (χ1) is 13.6. The maximum atomic E-state index is 11.9. The fourth-order valence-corrected chi connectivity index (χ4v) is 7.30. The SMILES string of the molecule is CCP(=O)(O)CCCCC([NH3+])(CCCCC1CCCCC1)CCCC[Si](C)(C)C. The predicted molar refractivity (Wildman–Crippen MR) is 132 cm³/mol. The molecule has 0 saturated heterocycles. The van der Waals surface area contributed by atoms with Gasteiger partial charge in [0, 0.05) is 39.7 Å². The number of unbranched alkanes of at least 4 members (excludes halogenated alkanes) is 3. The van der Waals surface area contributed by atoms with E-state index in [-0.39, 0.29) is 5.54 Å². The van der Waals surface area contributed by atoms with Crippen molar-refractivity contribution in [1.29, 1.82) is 0 Å². The van der Waals surface area contributed by atoms with E-state index in [4.69, 9.17) is 5.73 Å². The molecule has 0 aromatic heterocycles. The van der Waals surface area contributed by atoms with Gasteiger partial charge in [-0.3, -0.25) is 4.57 Å². The normalized spacial score (nSPS) is 20.3. The van der Waals surface area contributed by atoms with Crippen molar-refractivity contribution in [3.05, 3.63) is 0 Å². The summed E-state index contributed by atoms with van der Waals surface area (Å²) in [6.07, 6.45) is 20.6. The first-order valence-corrected chi connectivity index (χ1v) is 18.5. The molecular formula is C24H53NO2PSi+. The minimum atomic E-state index is -2.86. The van der Waals surface area contributed by atoms with Crippen LogP contribution in [-0.4, -0.2) is 30.8 Å². The Labute approximate surface area is 183 Å². The zero-order valence-electron chi connectivity index (χ0n) is 20.3. The van der Waals surface area contributed by atoms with Gasteiger partial charge >= 0.3 is 0 Å². The molecule has 1 aliphatic rings. The summed E-state index contributed by atoms with van der Waals surface area (Å²) in [5, 5.41) is 0. The van der Waals surface area contributed by atoms with Crippen LogP contribution in [0.3, 0.4) is 0 Å². The lowest BCUT2D eigenvalue weighted by molar-refractivity contribution is -0.484. The Morgan fingerprint density at radius 3 is 2.03 bits per heavy atom. The zero-order chi connectivity index (χ0) is 21.8. The Kier molecular flexibility index (Phi) is 13.0. The molecule has 1 aliphatic carbocycles. The van der Waals surface area contributed by atoms with E-state index >= 15 is 0 Å². The van der Waals surface area contributed by atoms with Gasteiger partial charge in [-0.05, 0) is 31.6 Å². The molecule has 2 unspecified atom stereocenters. The molecule has 3 nitrogen and oxygen atoms in total. The van der Waals surface area contributed by atoms with Gasteiger partial charge in [0.05, 0.1) is 5.54 Å². The van der Waals surface area contributed by atoms with E-state index in [0.29, 0.717) is 12.3 Å². The molecule has 0 aliphatic heterocycles. The summed E-state index contributed by atoms with van der Waals surface area (Å²) in [6, 6.07) is 1.43. The standard InChI is InChI=1S/C24H52NO2PSi/c1-5-28(26,27)21-13-11-19-24(25,20-12-14-22-29(2,3)4)18-10-9-17-23-15-7-6-8-16-23/h23H,5-22,25H2,1-4H3,(H,26,27)/p+1. The molecule has 174 valence electrons. The van der Waals surface area contributed by atoms with Crippen LogP contribution in [-0.2, 0) is 4.57 Å². The van der Waals surface area contributed by atoms with E-state index in [1.54, 1.807) is 0 Å². The molecule has 0 amide bonds. The topological polar surface area (TPSA) is 64.9 Å². The Balaban J connectivity index is 2.39. The summed E-state index contributed by atoms with van der Waals surface area (Å²) in [5.74, 6) is 0.993. The van der Waals surface area contributed by atoms with Gasteiger partial charge in [0.15, 0.2) is 7.37 Å². The fraction of sp³-hybridized carbons (Fsp3) is 1.00. The molecular weight excluding hydrogens is 393 g/mol. The summed E-state index contributed by atoms with van der Waals surface area (Å²) in [7, 11) is -3.80. The zero-order valence-corrected chi connectivity index (χ0v) is 22.2. The molecule has 0 spiro atoms. The minimum absolute atomic E-state index is 0.192. The summed E-state index contributed by atoms with van der Waals surface area (Å²) < 4.78 is 11.9. The van der Waals surface area contributed by atoms with Gasteiger partial charge in [-0.2, -0.15) is 0 Å². The molecule has 0 bridgehead atoms. The van der Waals surface area contributed by atoms with Crippen LogP contribution in [0.4, 0.5) is 0 Å². The average Bonchev–Trinajstić information content (AvgIpc) is 2.66. The predicted octanol–water partition coefficient (Wildman–Crippen LogP) is 7.08. The quantitative estimate of drug-likeness (QED) is 0.151. The van der Waals surface area contributed by atoms with Gasteiger partial charge in [0.1, 0.15) is 0 Å². The van der Waals surface area contributed by atoms with Gasteiger partial charge in [-0.25, -0.2) is 0 Å². The largest absolute Gasteiger partial charge is 0.353 e. The summed E-state index contributed by atoms with van der Waals surface area (Å²) >= 11 is 0. The van der Waals surface area contributed by atoms with Crippen molar-refractivity contribution in [3.63, 3.8) is 0 Å². The average molecular weight is 447 g/mol. The highest BCUT2D eigenvalue weighted by Gasteiger charge is 2.28. The van der Waals surface area contributed by atoms with Gasteiger partial charge in [-0.1, -0.05) is 84.0 Å². The Morgan fingerprint density at radius 1 is 0.931 bits per heavy atom. The molecule has 5 heteroatoms. The lowest BCUT2D eigenvalue weighted by Gasteiger charge is -2.28. The van der Waals surface area contributed by atoms with Crippen molar-refractivity contribution in [2.24, 2.45) is 5.92 Å². The molecule has 0 heterocycles. The van der Waals surface area contributed by atoms with E-state index < -0.39 is 15.4 Å². The summed E-state index contributed by atoms with van der Waals surface area (Å²) in [5.41, 5.74) is 4.91. The van der Waals surface area contributed by atoms with Gasteiger partial charge < -0.3 is 10.6 Å². The van der Waals surface area contributed by atoms with Crippen LogP contribution in [0.2, 0.25) is 25.7 Å². The van der Waals surface area contributed by atoms with E-state index in [0.717, 1.165) is 25.2 Å². The Hall–Kier alpha value is 0.367. The van der Waals surface area contributed by atoms with Crippen LogP contribution < -0.4 is 5.73 Å². The second kappa shape index (κ2) is 13.7. The fourth-order valence-electron chi connectivity index (χ4n) is 4.96.